The van der Waals surface area contributed by atoms with Crippen LogP contribution in [0.2, 0.25) is 0 Å². The van der Waals surface area contributed by atoms with E-state index in [4.69, 9.17) is 0 Å². The molecule has 0 fully saturated rings. The zero-order chi connectivity index (χ0) is 12.3. The fraction of sp³-hybridized carbons (Fsp3) is 0.214. The van der Waals surface area contributed by atoms with Crippen molar-refractivity contribution in [2.24, 2.45) is 0 Å². The maximum Gasteiger partial charge on any atom is 0.175 e. The molecule has 0 aliphatic carbocycles. The Morgan fingerprint density at radius 1 is 1.06 bits per heavy atom. The molecule has 1 aromatic heterocycles. The maximum atomic E-state index is 12.4. The minimum absolute atomic E-state index is 0.0318. The van der Waals surface area contributed by atoms with Crippen LogP contribution < -0.4 is 0 Å². The number of nitrogens with zero attached hydrogens (tertiary/aromatic N) is 2. The second-order valence-electron chi connectivity index (χ2n) is 4.45. The standard InChI is InChI=1S/C14H14N2O/c1-14(2,12-6-4-3-5-7-12)13(17)11-8-15-10-16-9-11/h3-10H,1-2H3. The van der Waals surface area contributed by atoms with Gasteiger partial charge < -0.3 is 0 Å². The number of ketones is 1. The van der Waals surface area contributed by atoms with Crippen LogP contribution in [0, 0.1) is 0 Å². The Bertz CT molecular complexity index is 506. The van der Waals surface area contributed by atoms with Gasteiger partial charge in [-0.15, -0.1) is 0 Å². The van der Waals surface area contributed by atoms with Gasteiger partial charge in [-0.2, -0.15) is 0 Å². The first-order valence-corrected chi connectivity index (χ1v) is 5.47. The molecule has 3 nitrogen and oxygen atoms in total. The summed E-state index contributed by atoms with van der Waals surface area (Å²) in [6.07, 6.45) is 4.53. The minimum atomic E-state index is -0.564. The molecule has 0 N–H and O–H groups in total. The van der Waals surface area contributed by atoms with E-state index in [0.717, 1.165) is 5.56 Å². The largest absolute Gasteiger partial charge is 0.293 e. The van der Waals surface area contributed by atoms with E-state index in [-0.39, 0.29) is 5.78 Å². The third-order valence-corrected chi connectivity index (χ3v) is 2.89. The van der Waals surface area contributed by atoms with Gasteiger partial charge in [0.25, 0.3) is 0 Å². The van der Waals surface area contributed by atoms with E-state index in [1.54, 1.807) is 12.4 Å². The van der Waals surface area contributed by atoms with Gasteiger partial charge in [-0.3, -0.25) is 4.79 Å². The summed E-state index contributed by atoms with van der Waals surface area (Å²) >= 11 is 0. The van der Waals surface area contributed by atoms with Gasteiger partial charge in [0.2, 0.25) is 0 Å². The van der Waals surface area contributed by atoms with Crippen molar-refractivity contribution in [1.29, 1.82) is 0 Å². The molecule has 0 aliphatic rings. The first-order chi connectivity index (χ1) is 8.12. The number of carbonyl (C=O) groups is 1. The van der Waals surface area contributed by atoms with Crippen LogP contribution in [0.4, 0.5) is 0 Å². The van der Waals surface area contributed by atoms with Crippen molar-refractivity contribution in [2.45, 2.75) is 19.3 Å². The second-order valence-corrected chi connectivity index (χ2v) is 4.45. The van der Waals surface area contributed by atoms with E-state index >= 15 is 0 Å². The molecular formula is C14H14N2O. The van der Waals surface area contributed by atoms with E-state index in [9.17, 15) is 4.79 Å². The number of Topliss-reactive ketones (excluding diaryl/α,β-unsaturated/α-hetero) is 1. The summed E-state index contributed by atoms with van der Waals surface area (Å²) in [5, 5.41) is 0. The predicted octanol–water partition coefficient (Wildman–Crippen LogP) is 2.64. The molecule has 2 rings (SSSR count). The monoisotopic (exact) mass is 226 g/mol. The van der Waals surface area contributed by atoms with Gasteiger partial charge in [0.05, 0.1) is 11.0 Å². The molecule has 0 unspecified atom stereocenters. The molecule has 86 valence electrons. The Hall–Kier alpha value is -2.03. The number of rotatable bonds is 3. The predicted molar refractivity (Wildman–Crippen MR) is 65.8 cm³/mol. The number of aromatic nitrogens is 2. The molecule has 0 saturated carbocycles. The zero-order valence-electron chi connectivity index (χ0n) is 9.92. The quantitative estimate of drug-likeness (QED) is 0.755. The van der Waals surface area contributed by atoms with Gasteiger partial charge in [-0.05, 0) is 19.4 Å². The average Bonchev–Trinajstić information content (AvgIpc) is 2.40. The molecule has 0 saturated heterocycles. The van der Waals surface area contributed by atoms with Gasteiger partial charge in [-0.1, -0.05) is 30.3 Å². The van der Waals surface area contributed by atoms with Crippen molar-refractivity contribution in [3.8, 4) is 0 Å². The highest BCUT2D eigenvalue weighted by Crippen LogP contribution is 2.26. The van der Waals surface area contributed by atoms with Crippen LogP contribution in [0.15, 0.2) is 49.1 Å². The SMILES string of the molecule is CC(C)(C(=O)c1cncnc1)c1ccccc1. The summed E-state index contributed by atoms with van der Waals surface area (Å²) in [7, 11) is 0. The lowest BCUT2D eigenvalue weighted by atomic mass is 9.78. The molecule has 1 heterocycles. The van der Waals surface area contributed by atoms with Crippen molar-refractivity contribution >= 4 is 5.78 Å². The van der Waals surface area contributed by atoms with Crippen LogP contribution in [0.25, 0.3) is 0 Å². The fourth-order valence-corrected chi connectivity index (χ4v) is 1.76. The molecule has 0 amide bonds. The smallest absolute Gasteiger partial charge is 0.175 e. The van der Waals surface area contributed by atoms with Crippen molar-refractivity contribution in [1.82, 2.24) is 9.97 Å². The summed E-state index contributed by atoms with van der Waals surface area (Å²) in [6, 6.07) is 9.73. The number of hydrogen-bond acceptors (Lipinski definition) is 3. The first kappa shape index (κ1) is 11.5. The molecule has 1 aromatic carbocycles. The van der Waals surface area contributed by atoms with Crippen LogP contribution in [-0.4, -0.2) is 15.8 Å². The number of carbonyl (C=O) groups excluding carboxylic acids is 1. The Morgan fingerprint density at radius 3 is 2.24 bits per heavy atom. The summed E-state index contributed by atoms with van der Waals surface area (Å²) in [5.41, 5.74) is 0.974. The Morgan fingerprint density at radius 2 is 1.65 bits per heavy atom. The van der Waals surface area contributed by atoms with Crippen LogP contribution >= 0.6 is 0 Å². The normalized spacial score (nSPS) is 11.2. The van der Waals surface area contributed by atoms with E-state index < -0.39 is 5.41 Å². The topological polar surface area (TPSA) is 42.9 Å². The van der Waals surface area contributed by atoms with Crippen molar-refractivity contribution in [2.75, 3.05) is 0 Å². The molecule has 17 heavy (non-hydrogen) atoms. The Kier molecular flexibility index (Phi) is 3.00. The summed E-state index contributed by atoms with van der Waals surface area (Å²) < 4.78 is 0. The third kappa shape index (κ3) is 2.23. The molecule has 0 radical (unpaired) electrons. The van der Waals surface area contributed by atoms with Crippen LogP contribution in [0.5, 0.6) is 0 Å². The lowest BCUT2D eigenvalue weighted by molar-refractivity contribution is 0.0908. The van der Waals surface area contributed by atoms with Gasteiger partial charge in [0, 0.05) is 12.4 Å². The summed E-state index contributed by atoms with van der Waals surface area (Å²) in [6.45, 7) is 3.83. The lowest BCUT2D eigenvalue weighted by Gasteiger charge is -2.23. The first-order valence-electron chi connectivity index (χ1n) is 5.47. The highest BCUT2D eigenvalue weighted by molar-refractivity contribution is 6.03. The van der Waals surface area contributed by atoms with E-state index in [2.05, 4.69) is 9.97 Å². The number of hydrogen-bond donors (Lipinski definition) is 0. The molecule has 0 atom stereocenters. The highest BCUT2D eigenvalue weighted by Gasteiger charge is 2.30. The Balaban J connectivity index is 2.37. The van der Waals surface area contributed by atoms with E-state index in [1.807, 2.05) is 44.2 Å². The van der Waals surface area contributed by atoms with Gasteiger partial charge in [-0.25, -0.2) is 9.97 Å². The van der Waals surface area contributed by atoms with Gasteiger partial charge in [0.1, 0.15) is 6.33 Å². The van der Waals surface area contributed by atoms with Crippen LogP contribution in [0.1, 0.15) is 29.8 Å². The fourth-order valence-electron chi connectivity index (χ4n) is 1.76. The average molecular weight is 226 g/mol. The van der Waals surface area contributed by atoms with Gasteiger partial charge in [0.15, 0.2) is 5.78 Å². The summed E-state index contributed by atoms with van der Waals surface area (Å²) in [4.78, 5) is 20.1. The number of benzene rings is 1. The third-order valence-electron chi connectivity index (χ3n) is 2.89. The van der Waals surface area contributed by atoms with E-state index in [0.29, 0.717) is 5.56 Å². The molecule has 0 bridgehead atoms. The van der Waals surface area contributed by atoms with Crippen molar-refractivity contribution < 1.29 is 4.79 Å². The van der Waals surface area contributed by atoms with Crippen LogP contribution in [-0.2, 0) is 5.41 Å². The van der Waals surface area contributed by atoms with Gasteiger partial charge >= 0.3 is 0 Å². The zero-order valence-corrected chi connectivity index (χ0v) is 9.92. The lowest BCUT2D eigenvalue weighted by Crippen LogP contribution is -2.29. The van der Waals surface area contributed by atoms with E-state index in [1.165, 1.54) is 6.33 Å². The maximum absolute atomic E-state index is 12.4. The highest BCUT2D eigenvalue weighted by atomic mass is 16.1. The Labute approximate surface area is 101 Å². The molecule has 2 aromatic rings. The molecule has 0 aliphatic heterocycles. The second kappa shape index (κ2) is 4.45. The summed E-state index contributed by atoms with van der Waals surface area (Å²) in [5.74, 6) is 0.0318. The van der Waals surface area contributed by atoms with Crippen molar-refractivity contribution in [3.63, 3.8) is 0 Å². The molecule has 3 heteroatoms. The van der Waals surface area contributed by atoms with Crippen molar-refractivity contribution in [3.05, 3.63) is 60.2 Å². The van der Waals surface area contributed by atoms with Crippen LogP contribution in [0.3, 0.4) is 0 Å². The molecular weight excluding hydrogens is 212 g/mol. The minimum Gasteiger partial charge on any atom is -0.293 e. The molecule has 0 spiro atoms.